The van der Waals surface area contributed by atoms with Crippen molar-refractivity contribution in [1.82, 2.24) is 4.98 Å². The topological polar surface area (TPSA) is 39.2 Å². The average molecular weight is 241 g/mol. The van der Waals surface area contributed by atoms with E-state index in [0.717, 1.165) is 23.7 Å². The molecular formula is C15H15NO2. The van der Waals surface area contributed by atoms with Gasteiger partial charge in [0.05, 0.1) is 5.52 Å². The number of carbonyl (C=O) groups is 1. The number of hydrogen-bond acceptors (Lipinski definition) is 3. The maximum atomic E-state index is 11.2. The number of ketones is 1. The van der Waals surface area contributed by atoms with Crippen LogP contribution in [0.3, 0.4) is 0 Å². The summed E-state index contributed by atoms with van der Waals surface area (Å²) in [6.07, 6.45) is 3.04. The summed E-state index contributed by atoms with van der Waals surface area (Å²) >= 11 is 0. The predicted molar refractivity (Wildman–Crippen MR) is 69.6 cm³/mol. The zero-order chi connectivity index (χ0) is 12.4. The predicted octanol–water partition coefficient (Wildman–Crippen LogP) is 3.13. The molecule has 1 saturated carbocycles. The zero-order valence-electron chi connectivity index (χ0n) is 10.1. The number of para-hydroxylation sites is 1. The van der Waals surface area contributed by atoms with E-state index in [4.69, 9.17) is 4.74 Å². The van der Waals surface area contributed by atoms with E-state index in [9.17, 15) is 4.79 Å². The third kappa shape index (κ3) is 2.35. The van der Waals surface area contributed by atoms with Crippen molar-refractivity contribution >= 4 is 16.7 Å². The van der Waals surface area contributed by atoms with Crippen LogP contribution in [0.2, 0.25) is 0 Å². The number of rotatable bonds is 2. The van der Waals surface area contributed by atoms with Gasteiger partial charge in [0.2, 0.25) is 5.88 Å². The first-order valence-electron chi connectivity index (χ1n) is 6.35. The maximum absolute atomic E-state index is 11.2. The molecule has 3 rings (SSSR count). The van der Waals surface area contributed by atoms with Crippen LogP contribution in [0.5, 0.6) is 5.88 Å². The fourth-order valence-corrected chi connectivity index (χ4v) is 2.31. The second kappa shape index (κ2) is 4.77. The molecule has 92 valence electrons. The smallest absolute Gasteiger partial charge is 0.214 e. The van der Waals surface area contributed by atoms with Gasteiger partial charge in [-0.1, -0.05) is 18.2 Å². The van der Waals surface area contributed by atoms with Gasteiger partial charge in [-0.25, -0.2) is 4.98 Å². The summed E-state index contributed by atoms with van der Waals surface area (Å²) in [6.45, 7) is 0. The molecule has 0 amide bonds. The Morgan fingerprint density at radius 2 is 1.83 bits per heavy atom. The molecule has 0 saturated heterocycles. The van der Waals surface area contributed by atoms with Gasteiger partial charge in [0, 0.05) is 24.3 Å². The van der Waals surface area contributed by atoms with Crippen molar-refractivity contribution in [3.05, 3.63) is 36.4 Å². The summed E-state index contributed by atoms with van der Waals surface area (Å²) in [5.41, 5.74) is 0.946. The number of carbonyl (C=O) groups excluding carboxylic acids is 1. The highest BCUT2D eigenvalue weighted by Crippen LogP contribution is 2.22. The second-order valence-electron chi connectivity index (χ2n) is 4.70. The molecule has 0 unspecified atom stereocenters. The van der Waals surface area contributed by atoms with Crippen molar-refractivity contribution in [2.24, 2.45) is 0 Å². The van der Waals surface area contributed by atoms with Gasteiger partial charge in [-0.15, -0.1) is 0 Å². The van der Waals surface area contributed by atoms with Gasteiger partial charge >= 0.3 is 0 Å². The first-order chi connectivity index (χ1) is 8.81. The van der Waals surface area contributed by atoms with Crippen molar-refractivity contribution in [2.45, 2.75) is 31.8 Å². The van der Waals surface area contributed by atoms with Crippen LogP contribution in [0.1, 0.15) is 25.7 Å². The normalized spacial score (nSPS) is 17.0. The van der Waals surface area contributed by atoms with Crippen LogP contribution >= 0.6 is 0 Å². The molecule has 1 aromatic carbocycles. The largest absolute Gasteiger partial charge is 0.474 e. The van der Waals surface area contributed by atoms with Gasteiger partial charge in [0.1, 0.15) is 11.9 Å². The monoisotopic (exact) mass is 241 g/mol. The second-order valence-corrected chi connectivity index (χ2v) is 4.70. The van der Waals surface area contributed by atoms with E-state index in [2.05, 4.69) is 4.98 Å². The van der Waals surface area contributed by atoms with Crippen LogP contribution in [0, 0.1) is 0 Å². The number of nitrogens with zero attached hydrogens (tertiary/aromatic N) is 1. The van der Waals surface area contributed by atoms with Crippen molar-refractivity contribution in [2.75, 3.05) is 0 Å². The molecule has 0 N–H and O–H groups in total. The fraction of sp³-hybridized carbons (Fsp3) is 0.333. The summed E-state index contributed by atoms with van der Waals surface area (Å²) in [5, 5.41) is 1.11. The van der Waals surface area contributed by atoms with E-state index in [1.54, 1.807) is 0 Å². The molecule has 0 radical (unpaired) electrons. The molecule has 1 aliphatic carbocycles. The molecule has 1 heterocycles. The number of aromatic nitrogens is 1. The molecule has 1 fully saturated rings. The Kier molecular flexibility index (Phi) is 2.97. The van der Waals surface area contributed by atoms with Crippen molar-refractivity contribution < 1.29 is 9.53 Å². The number of hydrogen-bond donors (Lipinski definition) is 0. The molecule has 3 nitrogen and oxygen atoms in total. The third-order valence-corrected chi connectivity index (χ3v) is 3.35. The van der Waals surface area contributed by atoms with Gasteiger partial charge < -0.3 is 4.74 Å². The van der Waals surface area contributed by atoms with E-state index in [1.165, 1.54) is 0 Å². The highest BCUT2D eigenvalue weighted by Gasteiger charge is 2.20. The Balaban J connectivity index is 1.76. The number of benzene rings is 1. The fourth-order valence-electron chi connectivity index (χ4n) is 2.31. The summed E-state index contributed by atoms with van der Waals surface area (Å²) in [6, 6.07) is 11.9. The Labute approximate surface area is 106 Å². The number of ether oxygens (including phenoxy) is 1. The highest BCUT2D eigenvalue weighted by molar-refractivity contribution is 5.79. The maximum Gasteiger partial charge on any atom is 0.214 e. The van der Waals surface area contributed by atoms with Crippen LogP contribution in [0.15, 0.2) is 36.4 Å². The number of pyridine rings is 1. The van der Waals surface area contributed by atoms with Gasteiger partial charge in [-0.3, -0.25) is 4.79 Å². The zero-order valence-corrected chi connectivity index (χ0v) is 10.1. The molecule has 1 aromatic heterocycles. The number of Topliss-reactive ketones (excluding diaryl/α,β-unsaturated/α-hetero) is 1. The molecule has 0 bridgehead atoms. The Morgan fingerprint density at radius 1 is 1.06 bits per heavy atom. The van der Waals surface area contributed by atoms with Crippen molar-refractivity contribution in [3.63, 3.8) is 0 Å². The first-order valence-corrected chi connectivity index (χ1v) is 6.35. The minimum atomic E-state index is 0.136. The molecule has 2 aromatic rings. The molecule has 1 aliphatic rings. The SMILES string of the molecule is O=C1CCC(Oc2ccc3ccccc3n2)CC1. The summed E-state index contributed by atoms with van der Waals surface area (Å²) < 4.78 is 5.85. The van der Waals surface area contributed by atoms with Crippen LogP contribution in [0.25, 0.3) is 10.9 Å². The highest BCUT2D eigenvalue weighted by atomic mass is 16.5. The molecule has 0 atom stereocenters. The minimum Gasteiger partial charge on any atom is -0.474 e. The standard InChI is InChI=1S/C15H15NO2/c17-12-6-8-13(9-7-12)18-15-10-5-11-3-1-2-4-14(11)16-15/h1-5,10,13H,6-9H2. The van der Waals surface area contributed by atoms with Gasteiger partial charge in [0.15, 0.2) is 0 Å². The van der Waals surface area contributed by atoms with Crippen molar-refractivity contribution in [3.8, 4) is 5.88 Å². The number of fused-ring (bicyclic) bond motifs is 1. The quantitative estimate of drug-likeness (QED) is 0.810. The molecule has 3 heteroatoms. The summed E-state index contributed by atoms with van der Waals surface area (Å²) in [4.78, 5) is 15.6. The molecule has 18 heavy (non-hydrogen) atoms. The lowest BCUT2D eigenvalue weighted by Gasteiger charge is -2.21. The van der Waals surface area contributed by atoms with Crippen LogP contribution in [-0.4, -0.2) is 16.9 Å². The first kappa shape index (κ1) is 11.2. The van der Waals surface area contributed by atoms with E-state index in [0.29, 0.717) is 24.5 Å². The van der Waals surface area contributed by atoms with E-state index < -0.39 is 0 Å². The van der Waals surface area contributed by atoms with Crippen LogP contribution < -0.4 is 4.74 Å². The third-order valence-electron chi connectivity index (χ3n) is 3.35. The van der Waals surface area contributed by atoms with E-state index in [-0.39, 0.29) is 6.10 Å². The minimum absolute atomic E-state index is 0.136. The van der Waals surface area contributed by atoms with Crippen LogP contribution in [-0.2, 0) is 4.79 Å². The van der Waals surface area contributed by atoms with E-state index in [1.807, 2.05) is 36.4 Å². The lowest BCUT2D eigenvalue weighted by Crippen LogP contribution is -2.24. The summed E-state index contributed by atoms with van der Waals surface area (Å²) in [5.74, 6) is 1.01. The lowest BCUT2D eigenvalue weighted by atomic mass is 9.96. The molecule has 0 spiro atoms. The van der Waals surface area contributed by atoms with Crippen molar-refractivity contribution in [1.29, 1.82) is 0 Å². The molecular weight excluding hydrogens is 226 g/mol. The Hall–Kier alpha value is -1.90. The van der Waals surface area contributed by atoms with Crippen LogP contribution in [0.4, 0.5) is 0 Å². The Morgan fingerprint density at radius 3 is 2.67 bits per heavy atom. The summed E-state index contributed by atoms with van der Waals surface area (Å²) in [7, 11) is 0. The van der Waals surface area contributed by atoms with Gasteiger partial charge in [-0.05, 0) is 25.0 Å². The molecule has 0 aliphatic heterocycles. The lowest BCUT2D eigenvalue weighted by molar-refractivity contribution is -0.121. The Bertz CT molecular complexity index is 569. The van der Waals surface area contributed by atoms with Gasteiger partial charge in [0.25, 0.3) is 0 Å². The average Bonchev–Trinajstić information content (AvgIpc) is 2.41. The van der Waals surface area contributed by atoms with E-state index >= 15 is 0 Å². The van der Waals surface area contributed by atoms with Gasteiger partial charge in [-0.2, -0.15) is 0 Å².